The fraction of sp³-hybridized carbons (Fsp3) is 0.280. The van der Waals surface area contributed by atoms with Crippen molar-refractivity contribution in [2.24, 2.45) is 5.92 Å². The van der Waals surface area contributed by atoms with E-state index in [9.17, 15) is 9.59 Å². The van der Waals surface area contributed by atoms with Gasteiger partial charge in [-0.3, -0.25) is 9.59 Å². The zero-order valence-corrected chi connectivity index (χ0v) is 18.2. The number of furan rings is 1. The molecule has 1 aliphatic rings. The minimum absolute atomic E-state index is 0.0680. The second-order valence-electron chi connectivity index (χ2n) is 7.70. The lowest BCUT2D eigenvalue weighted by Gasteiger charge is -2.25. The van der Waals surface area contributed by atoms with E-state index >= 15 is 0 Å². The second kappa shape index (κ2) is 9.60. The predicted octanol–water partition coefficient (Wildman–Crippen LogP) is 3.88. The Morgan fingerprint density at radius 3 is 2.50 bits per heavy atom. The Hall–Kier alpha value is -3.74. The Bertz CT molecular complexity index is 1070. The molecule has 1 atom stereocenters. The summed E-state index contributed by atoms with van der Waals surface area (Å²) >= 11 is 0. The van der Waals surface area contributed by atoms with Gasteiger partial charge in [0.25, 0.3) is 0 Å². The molecule has 3 aromatic rings. The second-order valence-corrected chi connectivity index (χ2v) is 7.70. The van der Waals surface area contributed by atoms with E-state index in [4.69, 9.17) is 13.9 Å². The molecule has 0 aliphatic carbocycles. The Labute approximate surface area is 187 Å². The Morgan fingerprint density at radius 1 is 1.03 bits per heavy atom. The summed E-state index contributed by atoms with van der Waals surface area (Å²) in [7, 11) is 3.11. The van der Waals surface area contributed by atoms with E-state index in [1.54, 1.807) is 54.5 Å². The van der Waals surface area contributed by atoms with E-state index in [-0.39, 0.29) is 18.2 Å². The number of hydrogen-bond acceptors (Lipinski definition) is 5. The van der Waals surface area contributed by atoms with Crippen molar-refractivity contribution in [3.63, 3.8) is 0 Å². The van der Waals surface area contributed by atoms with Crippen molar-refractivity contribution >= 4 is 17.5 Å². The molecule has 2 aromatic carbocycles. The van der Waals surface area contributed by atoms with Crippen LogP contribution in [0.15, 0.2) is 71.3 Å². The fourth-order valence-electron chi connectivity index (χ4n) is 3.98. The average Bonchev–Trinajstić information content (AvgIpc) is 3.48. The van der Waals surface area contributed by atoms with E-state index in [1.165, 1.54) is 0 Å². The lowest BCUT2D eigenvalue weighted by Crippen LogP contribution is -2.36. The lowest BCUT2D eigenvalue weighted by atomic mass is 10.1. The molecule has 32 heavy (non-hydrogen) atoms. The number of rotatable bonds is 8. The third kappa shape index (κ3) is 4.61. The molecule has 1 aliphatic heterocycles. The molecule has 1 unspecified atom stereocenters. The van der Waals surface area contributed by atoms with Crippen LogP contribution in [0.3, 0.4) is 0 Å². The number of carbonyl (C=O) groups is 2. The number of anilines is 1. The number of nitrogens with zero attached hydrogens (tertiary/aromatic N) is 2. The largest absolute Gasteiger partial charge is 0.493 e. The molecule has 0 saturated carbocycles. The van der Waals surface area contributed by atoms with Crippen molar-refractivity contribution in [3.05, 3.63) is 78.3 Å². The van der Waals surface area contributed by atoms with Gasteiger partial charge in [0.15, 0.2) is 11.5 Å². The maximum Gasteiger partial charge on any atom is 0.228 e. The maximum atomic E-state index is 13.5. The van der Waals surface area contributed by atoms with Crippen LogP contribution in [0.5, 0.6) is 11.5 Å². The van der Waals surface area contributed by atoms with Gasteiger partial charge in [-0.2, -0.15) is 0 Å². The van der Waals surface area contributed by atoms with E-state index in [0.717, 1.165) is 5.56 Å². The third-order valence-electron chi connectivity index (χ3n) is 5.61. The number of hydrogen-bond donors (Lipinski definition) is 0. The van der Waals surface area contributed by atoms with Gasteiger partial charge in [0.2, 0.25) is 11.8 Å². The highest BCUT2D eigenvalue weighted by molar-refractivity contribution is 6.00. The molecule has 2 heterocycles. The van der Waals surface area contributed by atoms with Crippen molar-refractivity contribution in [2.75, 3.05) is 25.7 Å². The van der Waals surface area contributed by atoms with Crippen LogP contribution in [0.1, 0.15) is 17.7 Å². The number of methoxy groups -OCH3 is 2. The zero-order chi connectivity index (χ0) is 22.5. The number of ether oxygens (including phenoxy) is 2. The van der Waals surface area contributed by atoms with Crippen molar-refractivity contribution in [1.29, 1.82) is 0 Å². The third-order valence-corrected chi connectivity index (χ3v) is 5.61. The van der Waals surface area contributed by atoms with Crippen LogP contribution >= 0.6 is 0 Å². The number of carbonyl (C=O) groups excluding carboxylic acids is 2. The van der Waals surface area contributed by atoms with Gasteiger partial charge in [0.05, 0.1) is 32.9 Å². The highest BCUT2D eigenvalue weighted by Crippen LogP contribution is 2.34. The molecular weight excluding hydrogens is 408 g/mol. The van der Waals surface area contributed by atoms with E-state index in [0.29, 0.717) is 42.6 Å². The molecule has 1 saturated heterocycles. The number of benzene rings is 2. The summed E-state index contributed by atoms with van der Waals surface area (Å²) in [6.07, 6.45) is 1.76. The molecule has 0 N–H and O–H groups in total. The summed E-state index contributed by atoms with van der Waals surface area (Å²) in [6.45, 7) is 1.11. The van der Waals surface area contributed by atoms with Crippen LogP contribution < -0.4 is 14.4 Å². The highest BCUT2D eigenvalue weighted by Gasteiger charge is 2.37. The van der Waals surface area contributed by atoms with Crippen molar-refractivity contribution in [1.82, 2.24) is 4.90 Å². The molecule has 4 rings (SSSR count). The predicted molar refractivity (Wildman–Crippen MR) is 119 cm³/mol. The summed E-state index contributed by atoms with van der Waals surface area (Å²) in [4.78, 5) is 29.7. The van der Waals surface area contributed by atoms with Crippen LogP contribution in [0, 0.1) is 5.92 Å². The summed E-state index contributed by atoms with van der Waals surface area (Å²) < 4.78 is 16.1. The molecule has 1 fully saturated rings. The number of amides is 2. The minimum Gasteiger partial charge on any atom is -0.493 e. The SMILES string of the molecule is COc1ccc(N2CC(C(=O)N(Cc3ccccc3)Cc3ccco3)CC2=O)cc1OC. The summed E-state index contributed by atoms with van der Waals surface area (Å²) in [6, 6.07) is 18.8. The first-order valence-corrected chi connectivity index (χ1v) is 10.5. The van der Waals surface area contributed by atoms with Crippen molar-refractivity contribution in [3.8, 4) is 11.5 Å². The van der Waals surface area contributed by atoms with Crippen LogP contribution in [0.25, 0.3) is 0 Å². The normalized spacial score (nSPS) is 15.6. The Kier molecular flexibility index (Phi) is 6.44. The molecule has 7 heteroatoms. The van der Waals surface area contributed by atoms with E-state index in [2.05, 4.69) is 0 Å². The molecule has 2 amide bonds. The molecular formula is C25H26N2O5. The van der Waals surface area contributed by atoms with Gasteiger partial charge in [-0.15, -0.1) is 0 Å². The minimum atomic E-state index is -0.436. The van der Waals surface area contributed by atoms with Gasteiger partial charge in [0, 0.05) is 31.3 Å². The summed E-state index contributed by atoms with van der Waals surface area (Å²) in [5.41, 5.74) is 1.71. The van der Waals surface area contributed by atoms with Crippen molar-refractivity contribution < 1.29 is 23.5 Å². The fourth-order valence-corrected chi connectivity index (χ4v) is 3.98. The molecule has 0 spiro atoms. The summed E-state index contributed by atoms with van der Waals surface area (Å²) in [5.74, 6) is 1.23. The smallest absolute Gasteiger partial charge is 0.228 e. The molecule has 1 aromatic heterocycles. The van der Waals surface area contributed by atoms with Gasteiger partial charge in [0.1, 0.15) is 5.76 Å². The summed E-state index contributed by atoms with van der Waals surface area (Å²) in [5, 5.41) is 0. The first kappa shape index (κ1) is 21.5. The quantitative estimate of drug-likeness (QED) is 0.538. The van der Waals surface area contributed by atoms with Crippen molar-refractivity contribution in [2.45, 2.75) is 19.5 Å². The molecule has 7 nitrogen and oxygen atoms in total. The first-order chi connectivity index (χ1) is 15.6. The first-order valence-electron chi connectivity index (χ1n) is 10.5. The Balaban J connectivity index is 1.53. The van der Waals surface area contributed by atoms with E-state index in [1.807, 2.05) is 36.4 Å². The topological polar surface area (TPSA) is 72.2 Å². The van der Waals surface area contributed by atoms with Gasteiger partial charge in [-0.1, -0.05) is 30.3 Å². The average molecular weight is 434 g/mol. The molecule has 0 bridgehead atoms. The van der Waals surface area contributed by atoms with Gasteiger partial charge in [-0.05, 0) is 29.8 Å². The zero-order valence-electron chi connectivity index (χ0n) is 18.2. The van der Waals surface area contributed by atoms with Crippen LogP contribution in [0.4, 0.5) is 5.69 Å². The lowest BCUT2D eigenvalue weighted by molar-refractivity contribution is -0.137. The van der Waals surface area contributed by atoms with Gasteiger partial charge in [-0.25, -0.2) is 0 Å². The maximum absolute atomic E-state index is 13.5. The van der Waals surface area contributed by atoms with Gasteiger partial charge < -0.3 is 23.7 Å². The van der Waals surface area contributed by atoms with E-state index < -0.39 is 5.92 Å². The Morgan fingerprint density at radius 2 is 1.81 bits per heavy atom. The van der Waals surface area contributed by atoms with Crippen LogP contribution in [-0.4, -0.2) is 37.5 Å². The molecule has 166 valence electrons. The molecule has 0 radical (unpaired) electrons. The standard InChI is InChI=1S/C25H26N2O5/c1-30-22-11-10-20(14-23(22)31-2)27-16-19(13-24(27)28)25(29)26(17-21-9-6-12-32-21)15-18-7-4-3-5-8-18/h3-12,14,19H,13,15-17H2,1-2H3. The van der Waals surface area contributed by atoms with Crippen LogP contribution in [-0.2, 0) is 22.7 Å². The highest BCUT2D eigenvalue weighted by atomic mass is 16.5. The monoisotopic (exact) mass is 434 g/mol. The van der Waals surface area contributed by atoms with Crippen LogP contribution in [0.2, 0.25) is 0 Å². The van der Waals surface area contributed by atoms with Gasteiger partial charge >= 0.3 is 0 Å².